The molecule has 3 aromatic rings. The second kappa shape index (κ2) is 6.43. The number of para-hydroxylation sites is 1. The van der Waals surface area contributed by atoms with Crippen molar-refractivity contribution in [3.63, 3.8) is 0 Å². The fourth-order valence-electron chi connectivity index (χ4n) is 3.58. The van der Waals surface area contributed by atoms with Crippen LogP contribution in [0.3, 0.4) is 0 Å². The van der Waals surface area contributed by atoms with E-state index in [1.165, 1.54) is 0 Å². The summed E-state index contributed by atoms with van der Waals surface area (Å²) in [5, 5.41) is 5.81. The summed E-state index contributed by atoms with van der Waals surface area (Å²) in [7, 11) is 1.87. The molecule has 26 heavy (non-hydrogen) atoms. The van der Waals surface area contributed by atoms with Gasteiger partial charge in [-0.1, -0.05) is 19.1 Å². The van der Waals surface area contributed by atoms with E-state index < -0.39 is 0 Å². The molecule has 2 aromatic heterocycles. The van der Waals surface area contributed by atoms with E-state index in [-0.39, 0.29) is 5.91 Å². The molecular formula is C20H22N4OS. The van der Waals surface area contributed by atoms with Crippen molar-refractivity contribution in [3.05, 3.63) is 47.3 Å². The predicted octanol–water partition coefficient (Wildman–Crippen LogP) is 4.12. The average Bonchev–Trinajstić information content (AvgIpc) is 2.78. The first-order valence-corrected chi connectivity index (χ1v) is 9.72. The molecule has 0 radical (unpaired) electrons. The Morgan fingerprint density at radius 3 is 2.85 bits per heavy atom. The highest BCUT2D eigenvalue weighted by atomic mass is 32.2. The molecule has 3 heterocycles. The largest absolute Gasteiger partial charge is 0.307 e. The summed E-state index contributed by atoms with van der Waals surface area (Å²) in [6.07, 6.45) is 0.963. The van der Waals surface area contributed by atoms with E-state index in [2.05, 4.69) is 23.1 Å². The maximum atomic E-state index is 13.6. The van der Waals surface area contributed by atoms with Gasteiger partial charge in [0.1, 0.15) is 0 Å². The predicted molar refractivity (Wildman–Crippen MR) is 106 cm³/mol. The number of carbonyl (C=O) groups is 1. The van der Waals surface area contributed by atoms with Gasteiger partial charge in [0.25, 0.3) is 5.91 Å². The maximum absolute atomic E-state index is 13.6. The lowest BCUT2D eigenvalue weighted by Crippen LogP contribution is -2.32. The first-order chi connectivity index (χ1) is 12.5. The summed E-state index contributed by atoms with van der Waals surface area (Å²) in [5.41, 5.74) is 4.11. The number of pyridine rings is 1. The van der Waals surface area contributed by atoms with Gasteiger partial charge in [0.15, 0.2) is 5.65 Å². The molecule has 134 valence electrons. The number of hydrogen-bond acceptors (Lipinski definition) is 4. The molecule has 1 amide bonds. The number of rotatable bonds is 1. The lowest BCUT2D eigenvalue weighted by molar-refractivity contribution is 0.0988. The van der Waals surface area contributed by atoms with Crippen LogP contribution in [0.2, 0.25) is 0 Å². The molecule has 0 saturated carbocycles. The molecule has 0 aliphatic carbocycles. The van der Waals surface area contributed by atoms with Gasteiger partial charge >= 0.3 is 0 Å². The molecule has 0 saturated heterocycles. The fraction of sp³-hybridized carbons (Fsp3) is 0.350. The first-order valence-electron chi connectivity index (χ1n) is 8.84. The number of anilines is 1. The number of amides is 1. The Morgan fingerprint density at radius 1 is 1.27 bits per heavy atom. The van der Waals surface area contributed by atoms with Gasteiger partial charge in [0.05, 0.1) is 22.3 Å². The molecule has 0 bridgehead atoms. The third-order valence-electron chi connectivity index (χ3n) is 4.82. The monoisotopic (exact) mass is 366 g/mol. The van der Waals surface area contributed by atoms with Crippen molar-refractivity contribution in [2.75, 3.05) is 11.4 Å². The smallest absolute Gasteiger partial charge is 0.259 e. The van der Waals surface area contributed by atoms with Crippen LogP contribution in [0, 0.1) is 13.8 Å². The Kier molecular flexibility index (Phi) is 4.23. The van der Waals surface area contributed by atoms with E-state index >= 15 is 0 Å². The number of thioether (sulfide) groups is 1. The van der Waals surface area contributed by atoms with E-state index in [4.69, 9.17) is 0 Å². The number of carbonyl (C=O) groups excluding carboxylic acids is 1. The summed E-state index contributed by atoms with van der Waals surface area (Å²) in [5.74, 6) is 0.0266. The number of benzene rings is 1. The first kappa shape index (κ1) is 17.1. The van der Waals surface area contributed by atoms with Crippen molar-refractivity contribution < 1.29 is 4.79 Å². The lowest BCUT2D eigenvalue weighted by atomic mass is 10.1. The SMILES string of the molecule is Cc1cc(C(=O)N2CC[C@H](C)Sc3ccccc32)c2c(C)nn(C)c2n1. The summed E-state index contributed by atoms with van der Waals surface area (Å²) in [4.78, 5) is 21.3. The molecule has 5 nitrogen and oxygen atoms in total. The zero-order valence-electron chi connectivity index (χ0n) is 15.5. The van der Waals surface area contributed by atoms with Crippen LogP contribution in [0.25, 0.3) is 11.0 Å². The molecule has 6 heteroatoms. The van der Waals surface area contributed by atoms with E-state index in [9.17, 15) is 4.79 Å². The fourth-order valence-corrected chi connectivity index (χ4v) is 4.69. The van der Waals surface area contributed by atoms with Crippen molar-refractivity contribution in [3.8, 4) is 0 Å². The molecule has 0 N–H and O–H groups in total. The molecule has 0 spiro atoms. The highest BCUT2D eigenvalue weighted by Gasteiger charge is 2.27. The van der Waals surface area contributed by atoms with Crippen molar-refractivity contribution in [1.29, 1.82) is 0 Å². The molecule has 1 aromatic carbocycles. The molecule has 4 rings (SSSR count). The van der Waals surface area contributed by atoms with Gasteiger partial charge in [-0.3, -0.25) is 9.48 Å². The number of hydrogen-bond donors (Lipinski definition) is 0. The Hall–Kier alpha value is -2.34. The standard InChI is InChI=1S/C20H22N4OS/c1-12-11-15(18-14(3)22-23(4)19(18)21-12)20(25)24-10-9-13(2)26-17-8-6-5-7-16(17)24/h5-8,11,13H,9-10H2,1-4H3/t13-/m0/s1. The van der Waals surface area contributed by atoms with Crippen LogP contribution in [0.4, 0.5) is 5.69 Å². The highest BCUT2D eigenvalue weighted by molar-refractivity contribution is 8.00. The Morgan fingerprint density at radius 2 is 2.04 bits per heavy atom. The molecule has 1 aliphatic rings. The number of nitrogens with zero attached hydrogens (tertiary/aromatic N) is 4. The summed E-state index contributed by atoms with van der Waals surface area (Å²) in [6, 6.07) is 10.1. The maximum Gasteiger partial charge on any atom is 0.259 e. The van der Waals surface area contributed by atoms with Gasteiger partial charge in [-0.2, -0.15) is 5.10 Å². The summed E-state index contributed by atoms with van der Waals surface area (Å²) >= 11 is 1.84. The van der Waals surface area contributed by atoms with Gasteiger partial charge in [-0.15, -0.1) is 11.8 Å². The topological polar surface area (TPSA) is 51.0 Å². The Balaban J connectivity index is 1.88. The van der Waals surface area contributed by atoms with Gasteiger partial charge in [-0.05, 0) is 38.5 Å². The van der Waals surface area contributed by atoms with Crippen LogP contribution in [-0.4, -0.2) is 32.5 Å². The van der Waals surface area contributed by atoms with Crippen LogP contribution in [-0.2, 0) is 7.05 Å². The highest BCUT2D eigenvalue weighted by Crippen LogP contribution is 2.38. The minimum Gasteiger partial charge on any atom is -0.307 e. The normalized spacial score (nSPS) is 17.2. The van der Waals surface area contributed by atoms with Crippen molar-refractivity contribution in [1.82, 2.24) is 14.8 Å². The number of aromatic nitrogens is 3. The molecule has 1 aliphatic heterocycles. The average molecular weight is 366 g/mol. The van der Waals surface area contributed by atoms with Gasteiger partial charge < -0.3 is 4.90 Å². The third-order valence-corrected chi connectivity index (χ3v) is 6.05. The molecule has 0 unspecified atom stereocenters. The van der Waals surface area contributed by atoms with Gasteiger partial charge in [0, 0.05) is 29.4 Å². The number of aryl methyl sites for hydroxylation is 3. The number of fused-ring (bicyclic) bond motifs is 2. The van der Waals surface area contributed by atoms with Crippen LogP contribution >= 0.6 is 11.8 Å². The second-order valence-corrected chi connectivity index (χ2v) is 8.34. The Labute approximate surface area is 157 Å². The van der Waals surface area contributed by atoms with Crippen molar-refractivity contribution >= 4 is 34.4 Å². The zero-order chi connectivity index (χ0) is 18.4. The van der Waals surface area contributed by atoms with Crippen LogP contribution < -0.4 is 4.90 Å². The lowest BCUT2D eigenvalue weighted by Gasteiger charge is -2.23. The van der Waals surface area contributed by atoms with E-state index in [1.54, 1.807) is 4.68 Å². The van der Waals surface area contributed by atoms with Crippen molar-refractivity contribution in [2.45, 2.75) is 37.3 Å². The zero-order valence-corrected chi connectivity index (χ0v) is 16.3. The summed E-state index contributed by atoms with van der Waals surface area (Å²) < 4.78 is 1.75. The van der Waals surface area contributed by atoms with Crippen LogP contribution in [0.15, 0.2) is 35.2 Å². The quantitative estimate of drug-likeness (QED) is 0.650. The Bertz CT molecular complexity index is 1010. The second-order valence-electron chi connectivity index (χ2n) is 6.86. The third kappa shape index (κ3) is 2.78. The molecular weight excluding hydrogens is 344 g/mol. The van der Waals surface area contributed by atoms with Crippen LogP contribution in [0.5, 0.6) is 0 Å². The minimum absolute atomic E-state index is 0.0266. The van der Waals surface area contributed by atoms with Crippen LogP contribution in [0.1, 0.15) is 35.1 Å². The van der Waals surface area contributed by atoms with Crippen molar-refractivity contribution in [2.24, 2.45) is 7.05 Å². The van der Waals surface area contributed by atoms with E-state index in [0.29, 0.717) is 17.4 Å². The molecule has 0 fully saturated rings. The summed E-state index contributed by atoms with van der Waals surface area (Å²) in [6.45, 7) is 6.79. The molecule has 1 atom stereocenters. The van der Waals surface area contributed by atoms with E-state index in [1.807, 2.05) is 61.8 Å². The minimum atomic E-state index is 0.0266. The van der Waals surface area contributed by atoms with Gasteiger partial charge in [0.2, 0.25) is 0 Å². The van der Waals surface area contributed by atoms with E-state index in [0.717, 1.165) is 39.4 Å². The van der Waals surface area contributed by atoms with Gasteiger partial charge in [-0.25, -0.2) is 4.98 Å².